The zero-order valence-electron chi connectivity index (χ0n) is 11.0. The first-order chi connectivity index (χ1) is 9.34. The van der Waals surface area contributed by atoms with E-state index in [-0.39, 0.29) is 23.5 Å². The second kappa shape index (κ2) is 6.31. The highest BCUT2D eigenvalue weighted by atomic mass is 127. The van der Waals surface area contributed by atoms with Crippen LogP contribution in [-0.4, -0.2) is 43.3 Å². The molecule has 0 aromatic heterocycles. The maximum absolute atomic E-state index is 12.7. The summed E-state index contributed by atoms with van der Waals surface area (Å²) < 4.78 is 24.9. The standard InChI is InChI=1S/C13H15BrINO3S/c1-2-16(10-5-6-20(18,19)8-10)13(17)11-7-9(14)3-4-12(11)15/h3-4,7,10H,2,5-6,8H2,1H3. The van der Waals surface area contributed by atoms with E-state index in [4.69, 9.17) is 0 Å². The molecule has 7 heteroatoms. The molecular weight excluding hydrogens is 457 g/mol. The van der Waals surface area contributed by atoms with Gasteiger partial charge in [0, 0.05) is 20.6 Å². The number of nitrogens with zero attached hydrogens (tertiary/aromatic N) is 1. The van der Waals surface area contributed by atoms with Gasteiger partial charge < -0.3 is 4.90 Å². The van der Waals surface area contributed by atoms with Gasteiger partial charge in [-0.1, -0.05) is 15.9 Å². The molecule has 0 N–H and O–H groups in total. The van der Waals surface area contributed by atoms with Crippen molar-refractivity contribution in [1.82, 2.24) is 4.90 Å². The Morgan fingerprint density at radius 1 is 1.50 bits per heavy atom. The van der Waals surface area contributed by atoms with E-state index in [0.29, 0.717) is 18.5 Å². The van der Waals surface area contributed by atoms with E-state index in [2.05, 4.69) is 38.5 Å². The molecular formula is C13H15BrINO3S. The van der Waals surface area contributed by atoms with Crippen LogP contribution in [0.5, 0.6) is 0 Å². The second-order valence-corrected chi connectivity index (χ2v) is 9.08. The van der Waals surface area contributed by atoms with E-state index in [0.717, 1.165) is 8.04 Å². The van der Waals surface area contributed by atoms with E-state index in [1.54, 1.807) is 11.0 Å². The third-order valence-corrected chi connectivity index (χ3v) is 6.59. The minimum absolute atomic E-state index is 0.0805. The third kappa shape index (κ3) is 3.54. The number of sulfone groups is 1. The van der Waals surface area contributed by atoms with Gasteiger partial charge in [-0.05, 0) is 54.1 Å². The van der Waals surface area contributed by atoms with E-state index >= 15 is 0 Å². The van der Waals surface area contributed by atoms with Crippen LogP contribution < -0.4 is 0 Å². The van der Waals surface area contributed by atoms with E-state index in [1.165, 1.54) is 0 Å². The molecule has 1 heterocycles. The molecule has 1 aromatic rings. The summed E-state index contributed by atoms with van der Waals surface area (Å²) in [4.78, 5) is 14.3. The number of hydrogen-bond donors (Lipinski definition) is 0. The molecule has 0 saturated carbocycles. The van der Waals surface area contributed by atoms with Crippen LogP contribution in [-0.2, 0) is 9.84 Å². The Kier molecular flexibility index (Phi) is 5.12. The minimum atomic E-state index is -2.99. The number of carbonyl (C=O) groups is 1. The summed E-state index contributed by atoms with van der Waals surface area (Å²) in [6.45, 7) is 2.40. The first-order valence-corrected chi connectivity index (χ1v) is 10.00. The van der Waals surface area contributed by atoms with Crippen LogP contribution in [0.25, 0.3) is 0 Å². The predicted octanol–water partition coefficient (Wildman–Crippen LogP) is 2.70. The topological polar surface area (TPSA) is 54.5 Å². The molecule has 1 saturated heterocycles. The van der Waals surface area contributed by atoms with E-state index in [1.807, 2.05) is 19.1 Å². The molecule has 1 amide bonds. The molecule has 1 fully saturated rings. The van der Waals surface area contributed by atoms with Gasteiger partial charge in [-0.15, -0.1) is 0 Å². The smallest absolute Gasteiger partial charge is 0.255 e. The Morgan fingerprint density at radius 2 is 2.20 bits per heavy atom. The fraction of sp³-hybridized carbons (Fsp3) is 0.462. The fourth-order valence-corrected chi connectivity index (χ4v) is 5.06. The van der Waals surface area contributed by atoms with Crippen molar-refractivity contribution in [2.75, 3.05) is 18.1 Å². The molecule has 110 valence electrons. The summed E-state index contributed by atoms with van der Waals surface area (Å²) in [5.74, 6) is 0.161. The third-order valence-electron chi connectivity index (χ3n) is 3.41. The molecule has 0 aliphatic carbocycles. The van der Waals surface area contributed by atoms with Gasteiger partial charge in [0.05, 0.1) is 17.1 Å². The average Bonchev–Trinajstić information content (AvgIpc) is 2.73. The van der Waals surface area contributed by atoms with Crippen molar-refractivity contribution in [2.24, 2.45) is 0 Å². The van der Waals surface area contributed by atoms with Crippen LogP contribution in [0.3, 0.4) is 0 Å². The lowest BCUT2D eigenvalue weighted by molar-refractivity contribution is 0.0707. The fourth-order valence-electron chi connectivity index (χ4n) is 2.40. The lowest BCUT2D eigenvalue weighted by atomic mass is 10.1. The van der Waals surface area contributed by atoms with Crippen LogP contribution in [0.15, 0.2) is 22.7 Å². The maximum Gasteiger partial charge on any atom is 0.255 e. The zero-order valence-corrected chi connectivity index (χ0v) is 15.5. The summed E-state index contributed by atoms with van der Waals surface area (Å²) in [6.07, 6.45) is 0.534. The molecule has 1 aliphatic rings. The van der Waals surface area contributed by atoms with Gasteiger partial charge in [0.25, 0.3) is 5.91 Å². The highest BCUT2D eigenvalue weighted by Crippen LogP contribution is 2.24. The molecule has 0 spiro atoms. The van der Waals surface area contributed by atoms with Gasteiger partial charge in [-0.3, -0.25) is 4.79 Å². The van der Waals surface area contributed by atoms with Crippen LogP contribution >= 0.6 is 38.5 Å². The predicted molar refractivity (Wildman–Crippen MR) is 90.6 cm³/mol. The Hall–Kier alpha value is -0.150. The van der Waals surface area contributed by atoms with Crippen molar-refractivity contribution in [3.8, 4) is 0 Å². The van der Waals surface area contributed by atoms with Crippen LogP contribution in [0.1, 0.15) is 23.7 Å². The van der Waals surface area contributed by atoms with Gasteiger partial charge in [0.2, 0.25) is 0 Å². The highest BCUT2D eigenvalue weighted by Gasteiger charge is 2.34. The summed E-state index contributed by atoms with van der Waals surface area (Å²) >= 11 is 5.49. The Labute approximate surface area is 141 Å². The quantitative estimate of drug-likeness (QED) is 0.637. The van der Waals surface area contributed by atoms with Gasteiger partial charge in [-0.2, -0.15) is 0 Å². The Bertz CT molecular complexity index is 633. The Balaban J connectivity index is 2.28. The summed E-state index contributed by atoms with van der Waals surface area (Å²) in [7, 11) is -2.99. The largest absolute Gasteiger partial charge is 0.335 e. The Morgan fingerprint density at radius 3 is 2.75 bits per heavy atom. The molecule has 1 aliphatic heterocycles. The van der Waals surface area contributed by atoms with Crippen LogP contribution in [0, 0.1) is 3.57 Å². The van der Waals surface area contributed by atoms with Gasteiger partial charge in [0.1, 0.15) is 0 Å². The molecule has 4 nitrogen and oxygen atoms in total. The van der Waals surface area contributed by atoms with Crippen molar-refractivity contribution in [2.45, 2.75) is 19.4 Å². The van der Waals surface area contributed by atoms with E-state index in [9.17, 15) is 13.2 Å². The average molecular weight is 472 g/mol. The monoisotopic (exact) mass is 471 g/mol. The van der Waals surface area contributed by atoms with E-state index < -0.39 is 9.84 Å². The van der Waals surface area contributed by atoms with Gasteiger partial charge in [-0.25, -0.2) is 8.42 Å². The normalized spacial score (nSPS) is 20.9. The molecule has 0 bridgehead atoms. The number of rotatable bonds is 3. The van der Waals surface area contributed by atoms with Crippen molar-refractivity contribution in [1.29, 1.82) is 0 Å². The molecule has 1 unspecified atom stereocenters. The number of halogens is 2. The van der Waals surface area contributed by atoms with Gasteiger partial charge >= 0.3 is 0 Å². The summed E-state index contributed by atoms with van der Waals surface area (Å²) in [5, 5.41) is 0. The van der Waals surface area contributed by atoms with Crippen molar-refractivity contribution in [3.05, 3.63) is 31.8 Å². The molecule has 20 heavy (non-hydrogen) atoms. The van der Waals surface area contributed by atoms with Crippen molar-refractivity contribution >= 4 is 54.3 Å². The van der Waals surface area contributed by atoms with Crippen LogP contribution in [0.2, 0.25) is 0 Å². The molecule has 2 rings (SSSR count). The first kappa shape index (κ1) is 16.2. The lowest BCUT2D eigenvalue weighted by Gasteiger charge is -2.27. The van der Waals surface area contributed by atoms with Crippen LogP contribution in [0.4, 0.5) is 0 Å². The highest BCUT2D eigenvalue weighted by molar-refractivity contribution is 14.1. The second-order valence-electron chi connectivity index (χ2n) is 4.77. The number of amides is 1. The number of carbonyl (C=O) groups excluding carboxylic acids is 1. The van der Waals surface area contributed by atoms with Crippen molar-refractivity contribution in [3.63, 3.8) is 0 Å². The summed E-state index contributed by atoms with van der Waals surface area (Å²) in [5.41, 5.74) is 0.617. The van der Waals surface area contributed by atoms with Crippen molar-refractivity contribution < 1.29 is 13.2 Å². The molecule has 1 aromatic carbocycles. The lowest BCUT2D eigenvalue weighted by Crippen LogP contribution is -2.41. The zero-order chi connectivity index (χ0) is 14.9. The summed E-state index contributed by atoms with van der Waals surface area (Å²) in [6, 6.07) is 5.34. The van der Waals surface area contributed by atoms with Gasteiger partial charge in [0.15, 0.2) is 9.84 Å². The maximum atomic E-state index is 12.7. The minimum Gasteiger partial charge on any atom is -0.335 e. The molecule has 1 atom stereocenters. The molecule has 0 radical (unpaired) electrons. The number of hydrogen-bond acceptors (Lipinski definition) is 3. The first-order valence-electron chi connectivity index (χ1n) is 6.30. The SMILES string of the molecule is CCN(C(=O)c1cc(Br)ccc1I)C1CCS(=O)(=O)C1. The number of benzene rings is 1.